The lowest BCUT2D eigenvalue weighted by atomic mass is 10.0. The van der Waals surface area contributed by atoms with Gasteiger partial charge >= 0.3 is 0 Å². The van der Waals surface area contributed by atoms with Gasteiger partial charge in [-0.1, -0.05) is 6.92 Å². The molecule has 0 amide bonds. The molecule has 0 saturated carbocycles. The van der Waals surface area contributed by atoms with Gasteiger partial charge in [-0.2, -0.15) is 0 Å². The second-order valence-corrected chi connectivity index (χ2v) is 4.14. The Morgan fingerprint density at radius 3 is 2.94 bits per heavy atom. The summed E-state index contributed by atoms with van der Waals surface area (Å²) >= 11 is 0. The minimum atomic E-state index is 0.182. The molecule has 1 heterocycles. The molecule has 0 radical (unpaired) electrons. The second-order valence-electron chi connectivity index (χ2n) is 4.14. The van der Waals surface area contributed by atoms with Crippen molar-refractivity contribution in [1.29, 1.82) is 0 Å². The highest BCUT2D eigenvalue weighted by atomic mass is 16.5. The fourth-order valence-electron chi connectivity index (χ4n) is 2.10. The van der Waals surface area contributed by atoms with E-state index in [2.05, 4.69) is 25.2 Å². The number of ether oxygens (including phenoxy) is 2. The van der Waals surface area contributed by atoms with E-state index in [1.807, 2.05) is 19.2 Å². The van der Waals surface area contributed by atoms with Crippen LogP contribution in [0.3, 0.4) is 0 Å². The maximum Gasteiger partial charge on any atom is 0.125 e. The standard InChI is InChI=1S/C13H19NO2/c1-4-7-15-10-5-6-12-11(8-10)13(14-3)9(2)16-12/h5-6,8-9,13-14H,4,7H2,1-3H3. The van der Waals surface area contributed by atoms with E-state index in [9.17, 15) is 0 Å². The van der Waals surface area contributed by atoms with Gasteiger partial charge in [0.1, 0.15) is 17.6 Å². The number of fused-ring (bicyclic) bond motifs is 1. The van der Waals surface area contributed by atoms with Crippen molar-refractivity contribution in [3.05, 3.63) is 23.8 Å². The van der Waals surface area contributed by atoms with Gasteiger partial charge in [0.25, 0.3) is 0 Å². The zero-order valence-corrected chi connectivity index (χ0v) is 10.1. The fourth-order valence-corrected chi connectivity index (χ4v) is 2.10. The highest BCUT2D eigenvalue weighted by Gasteiger charge is 2.30. The maximum absolute atomic E-state index is 5.75. The number of benzene rings is 1. The van der Waals surface area contributed by atoms with Crippen molar-refractivity contribution in [2.75, 3.05) is 13.7 Å². The third-order valence-electron chi connectivity index (χ3n) is 2.88. The second kappa shape index (κ2) is 4.74. The van der Waals surface area contributed by atoms with E-state index in [1.165, 1.54) is 5.56 Å². The summed E-state index contributed by atoms with van der Waals surface area (Å²) in [6, 6.07) is 6.31. The molecule has 1 aliphatic rings. The van der Waals surface area contributed by atoms with E-state index in [1.54, 1.807) is 0 Å². The van der Waals surface area contributed by atoms with Crippen molar-refractivity contribution in [2.45, 2.75) is 32.4 Å². The van der Waals surface area contributed by atoms with Crippen LogP contribution in [-0.4, -0.2) is 19.8 Å². The molecule has 0 aromatic heterocycles. The molecule has 0 fully saturated rings. The largest absolute Gasteiger partial charge is 0.494 e. The highest BCUT2D eigenvalue weighted by Crippen LogP contribution is 2.38. The average Bonchev–Trinajstić information content (AvgIpc) is 2.61. The minimum Gasteiger partial charge on any atom is -0.494 e. The molecule has 1 aromatic rings. The van der Waals surface area contributed by atoms with E-state index < -0.39 is 0 Å². The summed E-state index contributed by atoms with van der Waals surface area (Å²) < 4.78 is 11.4. The summed E-state index contributed by atoms with van der Waals surface area (Å²) in [6.07, 6.45) is 1.21. The zero-order chi connectivity index (χ0) is 11.5. The van der Waals surface area contributed by atoms with Crippen molar-refractivity contribution >= 4 is 0 Å². The number of hydrogen-bond acceptors (Lipinski definition) is 3. The monoisotopic (exact) mass is 221 g/mol. The Bertz CT molecular complexity index is 365. The summed E-state index contributed by atoms with van der Waals surface area (Å²) in [5.74, 6) is 1.90. The molecule has 0 aliphatic carbocycles. The smallest absolute Gasteiger partial charge is 0.125 e. The predicted octanol–water partition coefficient (Wildman–Crippen LogP) is 2.52. The summed E-state index contributed by atoms with van der Waals surface area (Å²) in [6.45, 7) is 4.95. The molecular weight excluding hydrogens is 202 g/mol. The van der Waals surface area contributed by atoms with Crippen LogP contribution in [0, 0.1) is 0 Å². The molecular formula is C13H19NO2. The summed E-state index contributed by atoms with van der Waals surface area (Å²) in [5.41, 5.74) is 1.20. The van der Waals surface area contributed by atoms with Crippen molar-refractivity contribution in [3.8, 4) is 11.5 Å². The van der Waals surface area contributed by atoms with Crippen LogP contribution in [0.2, 0.25) is 0 Å². The van der Waals surface area contributed by atoms with Gasteiger partial charge in [-0.05, 0) is 38.6 Å². The quantitative estimate of drug-likeness (QED) is 0.847. The van der Waals surface area contributed by atoms with Gasteiger partial charge in [-0.15, -0.1) is 0 Å². The molecule has 16 heavy (non-hydrogen) atoms. The van der Waals surface area contributed by atoms with Gasteiger partial charge in [0.15, 0.2) is 0 Å². The molecule has 88 valence electrons. The Balaban J connectivity index is 2.21. The third-order valence-corrected chi connectivity index (χ3v) is 2.88. The average molecular weight is 221 g/mol. The van der Waals surface area contributed by atoms with Crippen LogP contribution in [0.25, 0.3) is 0 Å². The molecule has 0 spiro atoms. The lowest BCUT2D eigenvalue weighted by Gasteiger charge is -2.13. The van der Waals surface area contributed by atoms with Gasteiger partial charge in [-0.25, -0.2) is 0 Å². The van der Waals surface area contributed by atoms with Gasteiger partial charge in [0, 0.05) is 5.56 Å². The molecule has 1 aliphatic heterocycles. The SMILES string of the molecule is CCCOc1ccc2c(c1)C(NC)C(C)O2. The van der Waals surface area contributed by atoms with Crippen LogP contribution in [0.15, 0.2) is 18.2 Å². The third kappa shape index (κ3) is 2.00. The molecule has 2 rings (SSSR count). The molecule has 0 saturated heterocycles. The first kappa shape index (κ1) is 11.3. The fraction of sp³-hybridized carbons (Fsp3) is 0.538. The minimum absolute atomic E-state index is 0.182. The van der Waals surface area contributed by atoms with Crippen molar-refractivity contribution in [2.24, 2.45) is 0 Å². The number of hydrogen-bond donors (Lipinski definition) is 1. The Kier molecular flexibility index (Phi) is 3.34. The van der Waals surface area contributed by atoms with Crippen LogP contribution in [0.4, 0.5) is 0 Å². The summed E-state index contributed by atoms with van der Waals surface area (Å²) in [4.78, 5) is 0. The first-order valence-electron chi connectivity index (χ1n) is 5.87. The van der Waals surface area contributed by atoms with Crippen LogP contribution < -0.4 is 14.8 Å². The van der Waals surface area contributed by atoms with Crippen LogP contribution >= 0.6 is 0 Å². The van der Waals surface area contributed by atoms with Crippen LogP contribution in [0.1, 0.15) is 31.9 Å². The van der Waals surface area contributed by atoms with E-state index in [4.69, 9.17) is 9.47 Å². The molecule has 1 aromatic carbocycles. The Morgan fingerprint density at radius 1 is 1.44 bits per heavy atom. The molecule has 3 heteroatoms. The highest BCUT2D eigenvalue weighted by molar-refractivity contribution is 5.45. The van der Waals surface area contributed by atoms with E-state index >= 15 is 0 Å². The first-order valence-corrected chi connectivity index (χ1v) is 5.87. The van der Waals surface area contributed by atoms with Gasteiger partial charge < -0.3 is 14.8 Å². The number of nitrogens with one attached hydrogen (secondary N) is 1. The van der Waals surface area contributed by atoms with E-state index in [0.29, 0.717) is 0 Å². The van der Waals surface area contributed by atoms with E-state index in [-0.39, 0.29) is 12.1 Å². The first-order chi connectivity index (χ1) is 7.76. The van der Waals surface area contributed by atoms with Gasteiger partial charge in [0.2, 0.25) is 0 Å². The van der Waals surface area contributed by atoms with Gasteiger partial charge in [-0.3, -0.25) is 0 Å². The molecule has 2 unspecified atom stereocenters. The van der Waals surface area contributed by atoms with Crippen molar-refractivity contribution in [3.63, 3.8) is 0 Å². The zero-order valence-electron chi connectivity index (χ0n) is 10.1. The Morgan fingerprint density at radius 2 is 2.25 bits per heavy atom. The Hall–Kier alpha value is -1.22. The number of likely N-dealkylation sites (N-methyl/N-ethyl adjacent to an activating group) is 1. The molecule has 1 N–H and O–H groups in total. The van der Waals surface area contributed by atoms with E-state index in [0.717, 1.165) is 24.5 Å². The predicted molar refractivity (Wildman–Crippen MR) is 64.1 cm³/mol. The summed E-state index contributed by atoms with van der Waals surface area (Å²) in [5, 5.41) is 3.27. The maximum atomic E-state index is 5.75. The number of rotatable bonds is 4. The molecule has 2 atom stereocenters. The lowest BCUT2D eigenvalue weighted by molar-refractivity contribution is 0.214. The summed E-state index contributed by atoms with van der Waals surface area (Å²) in [7, 11) is 1.96. The molecule has 3 nitrogen and oxygen atoms in total. The van der Waals surface area contributed by atoms with Gasteiger partial charge in [0.05, 0.1) is 12.6 Å². The lowest BCUT2D eigenvalue weighted by Crippen LogP contribution is -2.25. The Labute approximate surface area is 96.8 Å². The normalized spacial score (nSPS) is 22.7. The van der Waals surface area contributed by atoms with Crippen molar-refractivity contribution in [1.82, 2.24) is 5.32 Å². The van der Waals surface area contributed by atoms with Crippen LogP contribution in [-0.2, 0) is 0 Å². The van der Waals surface area contributed by atoms with Crippen LogP contribution in [0.5, 0.6) is 11.5 Å². The topological polar surface area (TPSA) is 30.5 Å². The van der Waals surface area contributed by atoms with Crippen molar-refractivity contribution < 1.29 is 9.47 Å². The molecule has 0 bridgehead atoms.